The lowest BCUT2D eigenvalue weighted by molar-refractivity contribution is -0.119. The Morgan fingerprint density at radius 1 is 1.50 bits per heavy atom. The smallest absolute Gasteiger partial charge is 0.220 e. The Morgan fingerprint density at radius 2 is 2.31 bits per heavy atom. The third-order valence-electron chi connectivity index (χ3n) is 2.83. The zero-order chi connectivity index (χ0) is 11.5. The number of benzene rings is 1. The Labute approximate surface area is 93.6 Å². The summed E-state index contributed by atoms with van der Waals surface area (Å²) in [6, 6.07) is 5.43. The molecule has 0 saturated carbocycles. The number of aldehydes is 1. The normalized spacial score (nSPS) is 19.3. The summed E-state index contributed by atoms with van der Waals surface area (Å²) in [5, 5.41) is 2.78. The van der Waals surface area contributed by atoms with Crippen molar-refractivity contribution in [3.8, 4) is 5.75 Å². The fourth-order valence-corrected chi connectivity index (χ4v) is 1.92. The van der Waals surface area contributed by atoms with Crippen LogP contribution in [-0.4, -0.2) is 25.8 Å². The molecule has 0 radical (unpaired) electrons. The molecule has 0 aromatic heterocycles. The largest absolute Gasteiger partial charge is 0.496 e. The molecular weight excluding hydrogens is 206 g/mol. The van der Waals surface area contributed by atoms with Gasteiger partial charge in [0.15, 0.2) is 6.29 Å². The number of amides is 1. The molecule has 4 heteroatoms. The molecule has 2 rings (SSSR count). The highest BCUT2D eigenvalue weighted by Gasteiger charge is 2.23. The fraction of sp³-hybridized carbons (Fsp3) is 0.333. The van der Waals surface area contributed by atoms with Crippen molar-refractivity contribution in [2.75, 3.05) is 13.7 Å². The van der Waals surface area contributed by atoms with Crippen LogP contribution in [0.15, 0.2) is 18.2 Å². The quantitative estimate of drug-likeness (QED) is 0.775. The summed E-state index contributed by atoms with van der Waals surface area (Å²) in [7, 11) is 1.53. The van der Waals surface area contributed by atoms with Crippen LogP contribution in [0.3, 0.4) is 0 Å². The highest BCUT2D eigenvalue weighted by molar-refractivity contribution is 5.81. The van der Waals surface area contributed by atoms with Gasteiger partial charge in [-0.2, -0.15) is 0 Å². The Bertz CT molecular complexity index is 428. The van der Waals surface area contributed by atoms with Gasteiger partial charge in [-0.1, -0.05) is 6.07 Å². The summed E-state index contributed by atoms with van der Waals surface area (Å²) in [5.74, 6) is 0.817. The molecule has 1 unspecified atom stereocenters. The first-order chi connectivity index (χ1) is 7.74. The Morgan fingerprint density at radius 3 is 2.88 bits per heavy atom. The van der Waals surface area contributed by atoms with E-state index in [1.165, 1.54) is 7.11 Å². The van der Waals surface area contributed by atoms with Crippen LogP contribution in [0.1, 0.15) is 28.3 Å². The number of methoxy groups -OCH3 is 1. The van der Waals surface area contributed by atoms with Crippen LogP contribution in [0.2, 0.25) is 0 Å². The molecule has 1 aliphatic heterocycles. The monoisotopic (exact) mass is 219 g/mol. The molecular formula is C12H13NO3. The molecule has 84 valence electrons. The van der Waals surface area contributed by atoms with Crippen molar-refractivity contribution < 1.29 is 14.3 Å². The van der Waals surface area contributed by atoms with E-state index >= 15 is 0 Å². The second-order valence-corrected chi connectivity index (χ2v) is 3.82. The minimum absolute atomic E-state index is 0.0726. The van der Waals surface area contributed by atoms with Gasteiger partial charge in [0.25, 0.3) is 0 Å². The van der Waals surface area contributed by atoms with Crippen LogP contribution in [0.25, 0.3) is 0 Å². The summed E-state index contributed by atoms with van der Waals surface area (Å²) in [5.41, 5.74) is 1.56. The molecule has 16 heavy (non-hydrogen) atoms. The van der Waals surface area contributed by atoms with E-state index in [0.717, 1.165) is 11.8 Å². The Balaban J connectivity index is 2.29. The van der Waals surface area contributed by atoms with Crippen molar-refractivity contribution in [1.82, 2.24) is 5.32 Å². The van der Waals surface area contributed by atoms with Crippen molar-refractivity contribution >= 4 is 12.2 Å². The van der Waals surface area contributed by atoms with Crippen LogP contribution in [0.5, 0.6) is 5.75 Å². The first-order valence-electron chi connectivity index (χ1n) is 5.14. The highest BCUT2D eigenvalue weighted by Crippen LogP contribution is 2.27. The molecule has 1 saturated heterocycles. The third-order valence-corrected chi connectivity index (χ3v) is 2.83. The standard InChI is InChI=1S/C12H13NO3/c1-16-11-4-8(2-3-9(11)7-14)10-5-12(15)13-6-10/h2-4,7,10H,5-6H2,1H3,(H,13,15). The molecule has 1 aromatic carbocycles. The van der Waals surface area contributed by atoms with Crippen LogP contribution in [0.4, 0.5) is 0 Å². The molecule has 4 nitrogen and oxygen atoms in total. The van der Waals surface area contributed by atoms with E-state index in [1.807, 2.05) is 12.1 Å². The van der Waals surface area contributed by atoms with Gasteiger partial charge < -0.3 is 10.1 Å². The molecule has 0 spiro atoms. The predicted octanol–water partition coefficient (Wildman–Crippen LogP) is 1.11. The van der Waals surface area contributed by atoms with Gasteiger partial charge in [0.2, 0.25) is 5.91 Å². The minimum atomic E-state index is 0.0726. The first kappa shape index (κ1) is 10.7. The maximum atomic E-state index is 11.1. The third kappa shape index (κ3) is 1.91. The predicted molar refractivity (Wildman–Crippen MR) is 58.7 cm³/mol. The lowest BCUT2D eigenvalue weighted by Crippen LogP contribution is -2.13. The van der Waals surface area contributed by atoms with Gasteiger partial charge >= 0.3 is 0 Å². The van der Waals surface area contributed by atoms with Gasteiger partial charge in [0, 0.05) is 18.9 Å². The van der Waals surface area contributed by atoms with E-state index in [-0.39, 0.29) is 11.8 Å². The van der Waals surface area contributed by atoms with Crippen LogP contribution in [-0.2, 0) is 4.79 Å². The zero-order valence-electron chi connectivity index (χ0n) is 9.03. The first-order valence-corrected chi connectivity index (χ1v) is 5.14. The molecule has 1 fully saturated rings. The van der Waals surface area contributed by atoms with Crippen molar-refractivity contribution in [2.24, 2.45) is 0 Å². The lowest BCUT2D eigenvalue weighted by atomic mass is 9.97. The minimum Gasteiger partial charge on any atom is -0.496 e. The summed E-state index contributed by atoms with van der Waals surface area (Å²) in [6.45, 7) is 0.655. The van der Waals surface area contributed by atoms with Crippen molar-refractivity contribution in [3.63, 3.8) is 0 Å². The van der Waals surface area contributed by atoms with Gasteiger partial charge in [-0.25, -0.2) is 0 Å². The molecule has 1 aromatic rings. The SMILES string of the molecule is COc1cc(C2CNC(=O)C2)ccc1C=O. The van der Waals surface area contributed by atoms with Crippen molar-refractivity contribution in [2.45, 2.75) is 12.3 Å². The molecule has 0 bridgehead atoms. The van der Waals surface area contributed by atoms with E-state index in [0.29, 0.717) is 24.3 Å². The number of rotatable bonds is 3. The number of carbonyl (C=O) groups excluding carboxylic acids is 2. The number of nitrogens with one attached hydrogen (secondary N) is 1. The van der Waals surface area contributed by atoms with Crippen molar-refractivity contribution in [1.29, 1.82) is 0 Å². The number of hydrogen-bond acceptors (Lipinski definition) is 3. The molecule has 1 aliphatic rings. The van der Waals surface area contributed by atoms with E-state index < -0.39 is 0 Å². The van der Waals surface area contributed by atoms with Crippen LogP contribution in [0, 0.1) is 0 Å². The van der Waals surface area contributed by atoms with Gasteiger partial charge in [0.1, 0.15) is 5.75 Å². The second kappa shape index (κ2) is 4.35. The summed E-state index contributed by atoms with van der Waals surface area (Å²) < 4.78 is 5.13. The molecule has 1 amide bonds. The zero-order valence-corrected chi connectivity index (χ0v) is 9.03. The topological polar surface area (TPSA) is 55.4 Å². The summed E-state index contributed by atoms with van der Waals surface area (Å²) in [6.07, 6.45) is 1.27. The molecule has 1 N–H and O–H groups in total. The summed E-state index contributed by atoms with van der Waals surface area (Å²) in [4.78, 5) is 21.8. The lowest BCUT2D eigenvalue weighted by Gasteiger charge is -2.10. The van der Waals surface area contributed by atoms with Crippen LogP contribution >= 0.6 is 0 Å². The average molecular weight is 219 g/mol. The number of ether oxygens (including phenoxy) is 1. The van der Waals surface area contributed by atoms with E-state index in [2.05, 4.69) is 5.32 Å². The summed E-state index contributed by atoms with van der Waals surface area (Å²) >= 11 is 0. The van der Waals surface area contributed by atoms with Gasteiger partial charge in [-0.05, 0) is 17.7 Å². The molecule has 1 heterocycles. The van der Waals surface area contributed by atoms with Gasteiger partial charge in [-0.3, -0.25) is 9.59 Å². The Kier molecular flexibility index (Phi) is 2.90. The second-order valence-electron chi connectivity index (χ2n) is 3.82. The average Bonchev–Trinajstić information content (AvgIpc) is 2.75. The van der Waals surface area contributed by atoms with E-state index in [4.69, 9.17) is 4.74 Å². The van der Waals surface area contributed by atoms with Gasteiger partial charge in [-0.15, -0.1) is 0 Å². The molecule has 1 atom stereocenters. The van der Waals surface area contributed by atoms with E-state index in [9.17, 15) is 9.59 Å². The maximum absolute atomic E-state index is 11.1. The van der Waals surface area contributed by atoms with Crippen molar-refractivity contribution in [3.05, 3.63) is 29.3 Å². The van der Waals surface area contributed by atoms with E-state index in [1.54, 1.807) is 6.07 Å². The molecule has 0 aliphatic carbocycles. The maximum Gasteiger partial charge on any atom is 0.220 e. The fourth-order valence-electron chi connectivity index (χ4n) is 1.92. The van der Waals surface area contributed by atoms with Crippen LogP contribution < -0.4 is 10.1 Å². The highest BCUT2D eigenvalue weighted by atomic mass is 16.5. The van der Waals surface area contributed by atoms with Gasteiger partial charge in [0.05, 0.1) is 12.7 Å². The number of carbonyl (C=O) groups is 2. The Hall–Kier alpha value is -1.84. The number of hydrogen-bond donors (Lipinski definition) is 1.